The van der Waals surface area contributed by atoms with Gasteiger partial charge in [-0.05, 0) is 25.5 Å². The molecule has 1 aromatic heterocycles. The normalized spacial score (nSPS) is 12.0. The van der Waals surface area contributed by atoms with Crippen LogP contribution in [0.2, 0.25) is 0 Å². The summed E-state index contributed by atoms with van der Waals surface area (Å²) < 4.78 is 35.3. The minimum Gasteiger partial charge on any atom is -0.171 e. The SMILES string of the molecule is Cc1ccc(CCC(F)(F)F)s1. The topological polar surface area (TPSA) is 0 Å². The molecule has 1 aromatic rings. The molecule has 0 aliphatic carbocycles. The van der Waals surface area contributed by atoms with Crippen LogP contribution in [0.1, 0.15) is 16.2 Å². The lowest BCUT2D eigenvalue weighted by Gasteiger charge is -2.03. The van der Waals surface area contributed by atoms with Gasteiger partial charge in [0.1, 0.15) is 0 Å². The molecule has 4 heteroatoms. The molecule has 0 nitrogen and oxygen atoms in total. The van der Waals surface area contributed by atoms with Gasteiger partial charge >= 0.3 is 6.18 Å². The highest BCUT2D eigenvalue weighted by molar-refractivity contribution is 7.11. The summed E-state index contributed by atoms with van der Waals surface area (Å²) in [5.41, 5.74) is 0. The van der Waals surface area contributed by atoms with Crippen LogP contribution in [-0.4, -0.2) is 6.18 Å². The first kappa shape index (κ1) is 9.58. The van der Waals surface area contributed by atoms with Crippen LogP contribution in [0.3, 0.4) is 0 Å². The van der Waals surface area contributed by atoms with E-state index in [4.69, 9.17) is 0 Å². The van der Waals surface area contributed by atoms with E-state index in [2.05, 4.69) is 0 Å². The second-order valence-electron chi connectivity index (χ2n) is 2.63. The summed E-state index contributed by atoms with van der Waals surface area (Å²) in [5.74, 6) is 0. The van der Waals surface area contributed by atoms with Gasteiger partial charge in [0.25, 0.3) is 0 Å². The Balaban J connectivity index is 2.44. The predicted octanol–water partition coefficient (Wildman–Crippen LogP) is 3.55. The number of halogens is 3. The van der Waals surface area contributed by atoms with E-state index in [0.717, 1.165) is 9.75 Å². The van der Waals surface area contributed by atoms with Crippen LogP contribution in [0, 0.1) is 6.92 Å². The molecule has 12 heavy (non-hydrogen) atoms. The Morgan fingerprint density at radius 1 is 1.33 bits per heavy atom. The zero-order chi connectivity index (χ0) is 9.19. The van der Waals surface area contributed by atoms with Gasteiger partial charge in [0.2, 0.25) is 0 Å². The lowest BCUT2D eigenvalue weighted by atomic mass is 10.2. The highest BCUT2D eigenvalue weighted by atomic mass is 32.1. The molecule has 0 spiro atoms. The Morgan fingerprint density at radius 2 is 2.00 bits per heavy atom. The van der Waals surface area contributed by atoms with Crippen LogP contribution < -0.4 is 0 Å². The van der Waals surface area contributed by atoms with Crippen molar-refractivity contribution in [2.45, 2.75) is 25.9 Å². The zero-order valence-electron chi connectivity index (χ0n) is 6.61. The van der Waals surface area contributed by atoms with E-state index in [-0.39, 0.29) is 6.42 Å². The molecule has 0 fully saturated rings. The van der Waals surface area contributed by atoms with E-state index in [1.54, 1.807) is 6.07 Å². The monoisotopic (exact) mass is 194 g/mol. The summed E-state index contributed by atoms with van der Waals surface area (Å²) in [7, 11) is 0. The van der Waals surface area contributed by atoms with Gasteiger partial charge in [0.05, 0.1) is 0 Å². The maximum absolute atomic E-state index is 11.8. The average Bonchev–Trinajstić information content (AvgIpc) is 2.30. The van der Waals surface area contributed by atoms with Gasteiger partial charge in [-0.1, -0.05) is 0 Å². The molecule has 1 rings (SSSR count). The Morgan fingerprint density at radius 3 is 2.42 bits per heavy atom. The molecule has 0 radical (unpaired) electrons. The van der Waals surface area contributed by atoms with Gasteiger partial charge in [-0.25, -0.2) is 0 Å². The molecule has 0 atom stereocenters. The highest BCUT2D eigenvalue weighted by Crippen LogP contribution is 2.24. The van der Waals surface area contributed by atoms with E-state index >= 15 is 0 Å². The third kappa shape index (κ3) is 3.26. The Bertz CT molecular complexity index is 249. The fourth-order valence-electron chi connectivity index (χ4n) is 0.884. The predicted molar refractivity (Wildman–Crippen MR) is 43.4 cm³/mol. The van der Waals surface area contributed by atoms with Gasteiger partial charge in [-0.2, -0.15) is 13.2 Å². The quantitative estimate of drug-likeness (QED) is 0.675. The van der Waals surface area contributed by atoms with Gasteiger partial charge in [0.15, 0.2) is 0 Å². The molecule has 0 N–H and O–H groups in total. The van der Waals surface area contributed by atoms with E-state index in [9.17, 15) is 13.2 Å². The van der Waals surface area contributed by atoms with Crippen molar-refractivity contribution >= 4 is 11.3 Å². The van der Waals surface area contributed by atoms with Crippen molar-refractivity contribution in [2.24, 2.45) is 0 Å². The summed E-state index contributed by atoms with van der Waals surface area (Å²) in [5, 5.41) is 0. The summed E-state index contributed by atoms with van der Waals surface area (Å²) >= 11 is 1.43. The summed E-state index contributed by atoms with van der Waals surface area (Å²) in [4.78, 5) is 1.87. The number of rotatable bonds is 2. The first-order chi connectivity index (χ1) is 5.47. The molecule has 0 saturated heterocycles. The zero-order valence-corrected chi connectivity index (χ0v) is 7.43. The van der Waals surface area contributed by atoms with Crippen LogP contribution in [-0.2, 0) is 6.42 Å². The third-order valence-electron chi connectivity index (χ3n) is 1.45. The van der Waals surface area contributed by atoms with E-state index in [1.807, 2.05) is 13.0 Å². The van der Waals surface area contributed by atoms with Crippen molar-refractivity contribution < 1.29 is 13.2 Å². The number of aryl methyl sites for hydroxylation is 2. The van der Waals surface area contributed by atoms with Crippen molar-refractivity contribution in [3.8, 4) is 0 Å². The summed E-state index contributed by atoms with van der Waals surface area (Å²) in [6, 6.07) is 3.60. The van der Waals surface area contributed by atoms with Crippen LogP contribution in [0.5, 0.6) is 0 Å². The van der Waals surface area contributed by atoms with Gasteiger partial charge < -0.3 is 0 Å². The molecule has 0 saturated carbocycles. The minimum atomic E-state index is -4.03. The second-order valence-corrected chi connectivity index (χ2v) is 4.00. The third-order valence-corrected chi connectivity index (χ3v) is 2.51. The van der Waals surface area contributed by atoms with Crippen molar-refractivity contribution in [3.05, 3.63) is 21.9 Å². The molecule has 0 amide bonds. The van der Waals surface area contributed by atoms with Crippen LogP contribution in [0.25, 0.3) is 0 Å². The lowest BCUT2D eigenvalue weighted by molar-refractivity contribution is -0.133. The van der Waals surface area contributed by atoms with E-state index in [0.29, 0.717) is 0 Å². The number of alkyl halides is 3. The molecular weight excluding hydrogens is 185 g/mol. The maximum Gasteiger partial charge on any atom is 0.389 e. The number of thiophene rings is 1. The summed E-state index contributed by atoms with van der Waals surface area (Å²) in [6.07, 6.45) is -4.63. The smallest absolute Gasteiger partial charge is 0.171 e. The first-order valence-corrected chi connectivity index (χ1v) is 4.41. The van der Waals surface area contributed by atoms with E-state index in [1.165, 1.54) is 11.3 Å². The molecule has 0 aliphatic rings. The highest BCUT2D eigenvalue weighted by Gasteiger charge is 2.26. The minimum absolute atomic E-state index is 0.113. The first-order valence-electron chi connectivity index (χ1n) is 3.59. The molecular formula is C8H9F3S. The second kappa shape index (κ2) is 3.47. The molecule has 0 unspecified atom stereocenters. The fraction of sp³-hybridized carbons (Fsp3) is 0.500. The lowest BCUT2D eigenvalue weighted by Crippen LogP contribution is -2.07. The largest absolute Gasteiger partial charge is 0.389 e. The summed E-state index contributed by atoms with van der Waals surface area (Å²) in [6.45, 7) is 1.89. The Labute approximate surface area is 73.0 Å². The van der Waals surface area contributed by atoms with Crippen molar-refractivity contribution in [3.63, 3.8) is 0 Å². The average molecular weight is 194 g/mol. The Kier molecular flexibility index (Phi) is 2.77. The standard InChI is InChI=1S/C8H9F3S/c1-6-2-3-7(12-6)4-5-8(9,10)11/h2-3H,4-5H2,1H3. The van der Waals surface area contributed by atoms with Crippen LogP contribution in [0.4, 0.5) is 13.2 Å². The molecule has 1 heterocycles. The van der Waals surface area contributed by atoms with Crippen LogP contribution >= 0.6 is 11.3 Å². The number of hydrogen-bond acceptors (Lipinski definition) is 1. The Hall–Kier alpha value is -0.510. The molecule has 68 valence electrons. The molecule has 0 aliphatic heterocycles. The van der Waals surface area contributed by atoms with Gasteiger partial charge in [0, 0.05) is 16.2 Å². The maximum atomic E-state index is 11.8. The van der Waals surface area contributed by atoms with Gasteiger partial charge in [-0.15, -0.1) is 11.3 Å². The van der Waals surface area contributed by atoms with E-state index < -0.39 is 12.6 Å². The molecule has 0 bridgehead atoms. The fourth-order valence-corrected chi connectivity index (χ4v) is 1.77. The van der Waals surface area contributed by atoms with Gasteiger partial charge in [-0.3, -0.25) is 0 Å². The molecule has 0 aromatic carbocycles. The van der Waals surface area contributed by atoms with Crippen molar-refractivity contribution in [1.82, 2.24) is 0 Å². The number of hydrogen-bond donors (Lipinski definition) is 0. The van der Waals surface area contributed by atoms with Crippen molar-refractivity contribution in [1.29, 1.82) is 0 Å². The van der Waals surface area contributed by atoms with Crippen molar-refractivity contribution in [2.75, 3.05) is 0 Å². The van der Waals surface area contributed by atoms with Crippen LogP contribution in [0.15, 0.2) is 12.1 Å².